The van der Waals surface area contributed by atoms with Gasteiger partial charge in [0.25, 0.3) is 0 Å². The maximum Gasteiger partial charge on any atom is 0.225 e. The Labute approximate surface area is 112 Å². The highest BCUT2D eigenvalue weighted by atomic mass is 16.5. The summed E-state index contributed by atoms with van der Waals surface area (Å²) < 4.78 is 4.69. The van der Waals surface area contributed by atoms with E-state index in [0.29, 0.717) is 18.8 Å². The van der Waals surface area contributed by atoms with E-state index in [0.717, 1.165) is 0 Å². The molecule has 0 spiro atoms. The fraction of sp³-hybridized carbons (Fsp3) is 0.615. The third-order valence-corrected chi connectivity index (χ3v) is 3.24. The van der Waals surface area contributed by atoms with Crippen LogP contribution in [0, 0.1) is 5.92 Å². The van der Waals surface area contributed by atoms with Crippen molar-refractivity contribution in [1.29, 1.82) is 0 Å². The van der Waals surface area contributed by atoms with Crippen molar-refractivity contribution in [2.24, 2.45) is 5.92 Å². The van der Waals surface area contributed by atoms with E-state index in [1.54, 1.807) is 11.0 Å². The number of likely N-dealkylation sites (tertiary alicyclic amines) is 1. The van der Waals surface area contributed by atoms with E-state index in [9.17, 15) is 9.59 Å². The van der Waals surface area contributed by atoms with Crippen molar-refractivity contribution in [1.82, 2.24) is 15.4 Å². The molecule has 6 heteroatoms. The summed E-state index contributed by atoms with van der Waals surface area (Å²) in [6.07, 6.45) is 1.74. The van der Waals surface area contributed by atoms with Crippen LogP contribution in [0.4, 0.5) is 0 Å². The van der Waals surface area contributed by atoms with Crippen LogP contribution in [0.3, 0.4) is 0 Å². The number of carbonyl (C=O) groups is 2. The van der Waals surface area contributed by atoms with E-state index < -0.39 is 0 Å². The van der Waals surface area contributed by atoms with Gasteiger partial charge in [-0.25, -0.2) is 0 Å². The van der Waals surface area contributed by atoms with E-state index in [-0.39, 0.29) is 29.7 Å². The first-order chi connectivity index (χ1) is 8.88. The van der Waals surface area contributed by atoms with Gasteiger partial charge in [-0.05, 0) is 20.8 Å². The molecule has 0 aliphatic carbocycles. The molecule has 0 unspecified atom stereocenters. The molecule has 2 rings (SSSR count). The molecule has 1 fully saturated rings. The minimum absolute atomic E-state index is 0.0362. The van der Waals surface area contributed by atoms with Crippen molar-refractivity contribution >= 4 is 11.8 Å². The third kappa shape index (κ3) is 3.13. The van der Waals surface area contributed by atoms with Crippen LogP contribution >= 0.6 is 0 Å². The number of amides is 2. The standard InChI is InChI=1S/C13H19N3O3/c1-13(2,3)16-8-9(6-11(16)17)12(18)14-7-10-4-5-19-15-10/h4-5,9H,6-8H2,1-3H3,(H,14,18)/t9-/m0/s1. The second kappa shape index (κ2) is 5.03. The van der Waals surface area contributed by atoms with Crippen molar-refractivity contribution in [3.8, 4) is 0 Å². The van der Waals surface area contributed by atoms with Crippen LogP contribution in [0.2, 0.25) is 0 Å². The predicted molar refractivity (Wildman–Crippen MR) is 67.9 cm³/mol. The Morgan fingerprint density at radius 2 is 2.32 bits per heavy atom. The van der Waals surface area contributed by atoms with E-state index >= 15 is 0 Å². The second-order valence-corrected chi connectivity index (χ2v) is 5.78. The quantitative estimate of drug-likeness (QED) is 0.882. The molecule has 1 saturated heterocycles. The lowest BCUT2D eigenvalue weighted by Gasteiger charge is -2.31. The lowest BCUT2D eigenvalue weighted by molar-refractivity contribution is -0.132. The number of aromatic nitrogens is 1. The van der Waals surface area contributed by atoms with Crippen LogP contribution in [0.1, 0.15) is 32.9 Å². The Kier molecular flexibility index (Phi) is 3.59. The van der Waals surface area contributed by atoms with Crippen LogP contribution in [-0.2, 0) is 16.1 Å². The van der Waals surface area contributed by atoms with Crippen LogP contribution < -0.4 is 5.32 Å². The van der Waals surface area contributed by atoms with Crippen LogP contribution in [0.5, 0.6) is 0 Å². The SMILES string of the molecule is CC(C)(C)N1C[C@@H](C(=O)NCc2ccon2)CC1=O. The molecule has 0 aromatic carbocycles. The normalized spacial score (nSPS) is 19.8. The average molecular weight is 265 g/mol. The summed E-state index contributed by atoms with van der Waals surface area (Å²) in [4.78, 5) is 25.7. The fourth-order valence-electron chi connectivity index (χ4n) is 2.18. The van der Waals surface area contributed by atoms with E-state index in [1.165, 1.54) is 6.26 Å². The summed E-state index contributed by atoms with van der Waals surface area (Å²) in [5.74, 6) is -0.351. The molecule has 1 aliphatic rings. The first-order valence-electron chi connectivity index (χ1n) is 6.35. The molecule has 0 bridgehead atoms. The highest BCUT2D eigenvalue weighted by molar-refractivity contribution is 5.89. The highest BCUT2D eigenvalue weighted by Gasteiger charge is 2.39. The van der Waals surface area contributed by atoms with Gasteiger partial charge >= 0.3 is 0 Å². The maximum atomic E-state index is 12.0. The second-order valence-electron chi connectivity index (χ2n) is 5.78. The van der Waals surface area contributed by atoms with Crippen LogP contribution in [0.15, 0.2) is 16.9 Å². The third-order valence-electron chi connectivity index (χ3n) is 3.24. The molecular weight excluding hydrogens is 246 g/mol. The number of hydrogen-bond donors (Lipinski definition) is 1. The molecule has 1 aliphatic heterocycles. The Bertz CT molecular complexity index is 462. The molecule has 19 heavy (non-hydrogen) atoms. The van der Waals surface area contributed by atoms with Gasteiger partial charge in [-0.2, -0.15) is 0 Å². The summed E-state index contributed by atoms with van der Waals surface area (Å²) in [5.41, 5.74) is 0.434. The molecule has 1 aromatic heterocycles. The minimum atomic E-state index is -0.279. The summed E-state index contributed by atoms with van der Waals surface area (Å²) in [7, 11) is 0. The van der Waals surface area contributed by atoms with Crippen LogP contribution in [-0.4, -0.2) is 34.0 Å². The lowest BCUT2D eigenvalue weighted by Crippen LogP contribution is -2.43. The van der Waals surface area contributed by atoms with Gasteiger partial charge in [0.2, 0.25) is 11.8 Å². The van der Waals surface area contributed by atoms with Gasteiger partial charge in [-0.3, -0.25) is 9.59 Å². The molecule has 1 aromatic rings. The van der Waals surface area contributed by atoms with Gasteiger partial charge in [-0.1, -0.05) is 5.16 Å². The van der Waals surface area contributed by atoms with E-state index in [2.05, 4.69) is 15.0 Å². The summed E-state index contributed by atoms with van der Waals surface area (Å²) in [6.45, 7) is 6.73. The Morgan fingerprint density at radius 3 is 2.84 bits per heavy atom. The minimum Gasteiger partial charge on any atom is -0.364 e. The number of nitrogens with zero attached hydrogens (tertiary/aromatic N) is 2. The molecule has 6 nitrogen and oxygen atoms in total. The number of carbonyl (C=O) groups excluding carboxylic acids is 2. The molecule has 1 atom stereocenters. The van der Waals surface area contributed by atoms with Gasteiger partial charge < -0.3 is 14.7 Å². The molecule has 2 heterocycles. The zero-order valence-corrected chi connectivity index (χ0v) is 11.5. The average Bonchev–Trinajstić information content (AvgIpc) is 2.93. The van der Waals surface area contributed by atoms with Gasteiger partial charge in [0, 0.05) is 24.6 Å². The topological polar surface area (TPSA) is 75.4 Å². The molecule has 1 N–H and O–H groups in total. The van der Waals surface area contributed by atoms with Crippen molar-refractivity contribution in [2.75, 3.05) is 6.54 Å². The van der Waals surface area contributed by atoms with Crippen molar-refractivity contribution in [2.45, 2.75) is 39.3 Å². The lowest BCUT2D eigenvalue weighted by atomic mass is 10.1. The molecule has 2 amide bonds. The summed E-state index contributed by atoms with van der Waals surface area (Å²) in [6, 6.07) is 1.70. The van der Waals surface area contributed by atoms with E-state index in [1.807, 2.05) is 20.8 Å². The van der Waals surface area contributed by atoms with Gasteiger partial charge in [0.05, 0.1) is 12.5 Å². The van der Waals surface area contributed by atoms with Crippen molar-refractivity contribution in [3.63, 3.8) is 0 Å². The predicted octanol–water partition coefficient (Wildman–Crippen LogP) is 0.938. The maximum absolute atomic E-state index is 12.0. The summed E-state index contributed by atoms with van der Waals surface area (Å²) in [5, 5.41) is 6.50. The number of nitrogens with one attached hydrogen (secondary N) is 1. The Morgan fingerprint density at radius 1 is 1.58 bits per heavy atom. The summed E-state index contributed by atoms with van der Waals surface area (Å²) >= 11 is 0. The molecule has 104 valence electrons. The zero-order valence-electron chi connectivity index (χ0n) is 11.5. The molecule has 0 radical (unpaired) electrons. The number of hydrogen-bond acceptors (Lipinski definition) is 4. The monoisotopic (exact) mass is 265 g/mol. The fourth-order valence-corrected chi connectivity index (χ4v) is 2.18. The van der Waals surface area contributed by atoms with Gasteiger partial charge in [0.1, 0.15) is 12.0 Å². The largest absolute Gasteiger partial charge is 0.364 e. The Hall–Kier alpha value is -1.85. The van der Waals surface area contributed by atoms with Gasteiger partial charge in [0.15, 0.2) is 0 Å². The van der Waals surface area contributed by atoms with Gasteiger partial charge in [-0.15, -0.1) is 0 Å². The molecule has 0 saturated carbocycles. The zero-order chi connectivity index (χ0) is 14.0. The molecular formula is C13H19N3O3. The Balaban J connectivity index is 1.89. The van der Waals surface area contributed by atoms with E-state index in [4.69, 9.17) is 0 Å². The van der Waals surface area contributed by atoms with Crippen LogP contribution in [0.25, 0.3) is 0 Å². The van der Waals surface area contributed by atoms with Crippen molar-refractivity contribution in [3.05, 3.63) is 18.0 Å². The first kappa shape index (κ1) is 13.6. The highest BCUT2D eigenvalue weighted by Crippen LogP contribution is 2.25. The first-order valence-corrected chi connectivity index (χ1v) is 6.35. The van der Waals surface area contributed by atoms with Crippen molar-refractivity contribution < 1.29 is 14.1 Å². The number of rotatable bonds is 3. The smallest absolute Gasteiger partial charge is 0.225 e.